The van der Waals surface area contributed by atoms with Gasteiger partial charge in [0.05, 0.1) is 17.3 Å². The fourth-order valence-electron chi connectivity index (χ4n) is 0.967. The highest BCUT2D eigenvalue weighted by molar-refractivity contribution is 7.19. The zero-order valence-electron chi connectivity index (χ0n) is 5.98. The van der Waals surface area contributed by atoms with E-state index in [1.165, 1.54) is 11.3 Å². The quantitative estimate of drug-likeness (QED) is 0.766. The van der Waals surface area contributed by atoms with Crippen molar-refractivity contribution in [2.75, 3.05) is 0 Å². The largest absolute Gasteiger partial charge is 0.481 e. The molecule has 0 radical (unpaired) electrons. The number of aromatic nitrogens is 1. The number of carboxylic acid groups (broad SMARTS) is 1. The number of hydrogen-bond acceptors (Lipinski definition) is 4. The summed E-state index contributed by atoms with van der Waals surface area (Å²) in [5.41, 5.74) is 0.663. The Kier molecular flexibility index (Phi) is 1.58. The van der Waals surface area contributed by atoms with Gasteiger partial charge in [-0.05, 0) is 6.07 Å². The number of thiophene rings is 1. The number of rotatable bonds is 2. The molecule has 1 N–H and O–H groups in total. The van der Waals surface area contributed by atoms with Crippen LogP contribution in [0.2, 0.25) is 0 Å². The molecule has 0 atom stereocenters. The maximum absolute atomic E-state index is 10.3. The fourth-order valence-corrected chi connectivity index (χ4v) is 1.90. The van der Waals surface area contributed by atoms with E-state index in [-0.39, 0.29) is 6.42 Å². The molecule has 0 unspecified atom stereocenters. The van der Waals surface area contributed by atoms with Crippen molar-refractivity contribution >= 4 is 27.6 Å². The normalized spacial score (nSPS) is 10.7. The first-order valence-electron chi connectivity index (χ1n) is 3.30. The Balaban J connectivity index is 2.38. The van der Waals surface area contributed by atoms with Crippen molar-refractivity contribution in [3.8, 4) is 0 Å². The molecule has 0 saturated carbocycles. The predicted molar refractivity (Wildman–Crippen MR) is 43.2 cm³/mol. The van der Waals surface area contributed by atoms with Gasteiger partial charge in [0.25, 0.3) is 0 Å². The van der Waals surface area contributed by atoms with Gasteiger partial charge in [0, 0.05) is 4.88 Å². The van der Waals surface area contributed by atoms with Gasteiger partial charge in [-0.3, -0.25) is 4.79 Å². The number of hydrogen-bond donors (Lipinski definition) is 1. The third-order valence-electron chi connectivity index (χ3n) is 1.42. The van der Waals surface area contributed by atoms with Crippen LogP contribution in [-0.2, 0) is 11.2 Å². The van der Waals surface area contributed by atoms with Crippen LogP contribution < -0.4 is 0 Å². The number of carbonyl (C=O) groups is 1. The maximum atomic E-state index is 10.3. The van der Waals surface area contributed by atoms with E-state index in [9.17, 15) is 4.79 Å². The summed E-state index contributed by atoms with van der Waals surface area (Å²) >= 11 is 1.40. The molecule has 2 heterocycles. The highest BCUT2D eigenvalue weighted by Crippen LogP contribution is 2.25. The van der Waals surface area contributed by atoms with Crippen LogP contribution in [-0.4, -0.2) is 16.2 Å². The van der Waals surface area contributed by atoms with Crippen molar-refractivity contribution in [3.05, 3.63) is 17.1 Å². The molecule has 0 aliphatic heterocycles. The summed E-state index contributed by atoms with van der Waals surface area (Å²) in [6.45, 7) is 0. The smallest absolute Gasteiger partial charge is 0.308 e. The van der Waals surface area contributed by atoms with Crippen molar-refractivity contribution < 1.29 is 14.4 Å². The van der Waals surface area contributed by atoms with Gasteiger partial charge < -0.3 is 9.63 Å². The number of nitrogens with zero attached hydrogens (tertiary/aromatic N) is 1. The lowest BCUT2D eigenvalue weighted by Gasteiger charge is -1.85. The first-order valence-corrected chi connectivity index (χ1v) is 4.12. The number of carboxylic acids is 1. The minimum atomic E-state index is -0.827. The standard InChI is InChI=1S/C7H5NO3S/c9-7(10)2-4-1-5-6(12-4)3-8-11-5/h1,3H,2H2,(H,9,10). The molecule has 0 amide bonds. The van der Waals surface area contributed by atoms with Gasteiger partial charge in [0.1, 0.15) is 0 Å². The molecule has 12 heavy (non-hydrogen) atoms. The Morgan fingerprint density at radius 3 is 3.25 bits per heavy atom. The van der Waals surface area contributed by atoms with E-state index in [1.807, 2.05) is 0 Å². The average Bonchev–Trinajstić information content (AvgIpc) is 2.43. The van der Waals surface area contributed by atoms with E-state index in [2.05, 4.69) is 5.16 Å². The Labute approximate surface area is 71.4 Å². The SMILES string of the molecule is O=C(O)Cc1cc2oncc2s1. The predicted octanol–water partition coefficient (Wildman–Crippen LogP) is 1.52. The molecule has 0 aliphatic rings. The molecule has 62 valence electrons. The third-order valence-corrected chi connectivity index (χ3v) is 2.47. The first-order chi connectivity index (χ1) is 5.75. The van der Waals surface area contributed by atoms with Gasteiger partial charge in [-0.2, -0.15) is 0 Å². The maximum Gasteiger partial charge on any atom is 0.308 e. The van der Waals surface area contributed by atoms with E-state index in [0.29, 0.717) is 5.58 Å². The highest BCUT2D eigenvalue weighted by Gasteiger charge is 2.07. The van der Waals surface area contributed by atoms with E-state index >= 15 is 0 Å². The molecule has 0 aromatic carbocycles. The Morgan fingerprint density at radius 1 is 1.75 bits per heavy atom. The summed E-state index contributed by atoms with van der Waals surface area (Å²) in [5.74, 6) is -0.827. The second kappa shape index (κ2) is 2.60. The second-order valence-corrected chi connectivity index (χ2v) is 3.51. The van der Waals surface area contributed by atoms with Crippen LogP contribution in [0.15, 0.2) is 16.8 Å². The zero-order chi connectivity index (χ0) is 8.55. The molecule has 0 aliphatic carbocycles. The minimum Gasteiger partial charge on any atom is -0.481 e. The molecule has 0 spiro atoms. The van der Waals surface area contributed by atoms with Gasteiger partial charge in [-0.1, -0.05) is 5.16 Å². The lowest BCUT2D eigenvalue weighted by Crippen LogP contribution is -1.96. The van der Waals surface area contributed by atoms with Crippen molar-refractivity contribution in [2.24, 2.45) is 0 Å². The van der Waals surface area contributed by atoms with Crippen LogP contribution in [0.1, 0.15) is 4.88 Å². The van der Waals surface area contributed by atoms with Gasteiger partial charge in [-0.15, -0.1) is 11.3 Å². The van der Waals surface area contributed by atoms with Gasteiger partial charge in [0.2, 0.25) is 0 Å². The molecule has 4 nitrogen and oxygen atoms in total. The molecule has 2 aromatic rings. The molecule has 0 bridgehead atoms. The highest BCUT2D eigenvalue weighted by atomic mass is 32.1. The van der Waals surface area contributed by atoms with E-state index < -0.39 is 5.97 Å². The molecule has 2 aromatic heterocycles. The lowest BCUT2D eigenvalue weighted by atomic mass is 10.3. The van der Waals surface area contributed by atoms with Crippen LogP contribution in [0.3, 0.4) is 0 Å². The van der Waals surface area contributed by atoms with Crippen LogP contribution in [0.25, 0.3) is 10.3 Å². The number of fused-ring (bicyclic) bond motifs is 1. The molecular formula is C7H5NO3S. The van der Waals surface area contributed by atoms with Crippen LogP contribution in [0.4, 0.5) is 0 Å². The van der Waals surface area contributed by atoms with Crippen LogP contribution in [0.5, 0.6) is 0 Å². The topological polar surface area (TPSA) is 63.3 Å². The summed E-state index contributed by atoms with van der Waals surface area (Å²) in [6, 6.07) is 1.71. The van der Waals surface area contributed by atoms with Crippen LogP contribution >= 0.6 is 11.3 Å². The van der Waals surface area contributed by atoms with E-state index in [4.69, 9.17) is 9.63 Å². The Morgan fingerprint density at radius 2 is 2.58 bits per heavy atom. The minimum absolute atomic E-state index is 0.0505. The third kappa shape index (κ3) is 1.18. The van der Waals surface area contributed by atoms with Crippen LogP contribution in [0, 0.1) is 0 Å². The summed E-state index contributed by atoms with van der Waals surface area (Å²) in [5, 5.41) is 12.1. The van der Waals surface area contributed by atoms with Crippen molar-refractivity contribution in [2.45, 2.75) is 6.42 Å². The molecule has 0 saturated heterocycles. The first kappa shape index (κ1) is 7.30. The average molecular weight is 183 g/mol. The molecule has 0 fully saturated rings. The Bertz CT molecular complexity index is 388. The summed E-state index contributed by atoms with van der Waals surface area (Å²) in [4.78, 5) is 11.1. The monoisotopic (exact) mass is 183 g/mol. The summed E-state index contributed by atoms with van der Waals surface area (Å²) < 4.78 is 5.74. The van der Waals surface area contributed by atoms with Crippen molar-refractivity contribution in [1.29, 1.82) is 0 Å². The van der Waals surface area contributed by atoms with Gasteiger partial charge >= 0.3 is 5.97 Å². The van der Waals surface area contributed by atoms with Gasteiger partial charge in [0.15, 0.2) is 5.58 Å². The zero-order valence-corrected chi connectivity index (χ0v) is 6.80. The molecule has 5 heteroatoms. The summed E-state index contributed by atoms with van der Waals surface area (Å²) in [7, 11) is 0. The lowest BCUT2D eigenvalue weighted by molar-refractivity contribution is -0.136. The molecule has 2 rings (SSSR count). The second-order valence-electron chi connectivity index (χ2n) is 2.34. The summed E-state index contributed by atoms with van der Waals surface area (Å²) in [6.07, 6.45) is 1.64. The van der Waals surface area contributed by atoms with Crippen molar-refractivity contribution in [3.63, 3.8) is 0 Å². The van der Waals surface area contributed by atoms with Crippen molar-refractivity contribution in [1.82, 2.24) is 5.16 Å². The van der Waals surface area contributed by atoms with E-state index in [0.717, 1.165) is 9.58 Å². The van der Waals surface area contributed by atoms with E-state index in [1.54, 1.807) is 12.3 Å². The Hall–Kier alpha value is -1.36. The number of aliphatic carboxylic acids is 1. The molecular weight excluding hydrogens is 178 g/mol. The van der Waals surface area contributed by atoms with Gasteiger partial charge in [-0.25, -0.2) is 0 Å². The fraction of sp³-hybridized carbons (Fsp3) is 0.143.